The third kappa shape index (κ3) is 4.01. The average molecular weight is 264 g/mol. The molecule has 1 heterocycles. The second-order valence-corrected chi connectivity index (χ2v) is 9.57. The minimum absolute atomic E-state index is 0.119. The maximum atomic E-state index is 5.96. The topological polar surface area (TPSA) is 46.2 Å². The van der Waals surface area contributed by atoms with Crippen LogP contribution < -0.4 is 0 Å². The Morgan fingerprint density at radius 1 is 0.941 bits per heavy atom. The van der Waals surface area contributed by atoms with Crippen LogP contribution in [-0.4, -0.2) is 60.9 Å². The van der Waals surface area contributed by atoms with Gasteiger partial charge in [-0.2, -0.15) is 0 Å². The molecule has 0 aromatic rings. The zero-order valence-corrected chi connectivity index (χ0v) is 12.6. The Labute approximate surface area is 104 Å². The molecule has 102 valence electrons. The van der Waals surface area contributed by atoms with Crippen LogP contribution in [0.15, 0.2) is 0 Å². The van der Waals surface area contributed by atoms with E-state index >= 15 is 0 Å². The van der Waals surface area contributed by atoms with Gasteiger partial charge in [0, 0.05) is 21.3 Å². The van der Waals surface area contributed by atoms with E-state index in [1.165, 1.54) is 0 Å². The van der Waals surface area contributed by atoms with Crippen LogP contribution in [0.4, 0.5) is 0 Å². The van der Waals surface area contributed by atoms with E-state index in [1.54, 1.807) is 21.3 Å². The minimum atomic E-state index is -1.68. The first-order valence-corrected chi connectivity index (χ1v) is 9.21. The highest BCUT2D eigenvalue weighted by atomic mass is 28.4. The van der Waals surface area contributed by atoms with Crippen LogP contribution in [0.1, 0.15) is 0 Å². The zero-order chi connectivity index (χ0) is 13.1. The van der Waals surface area contributed by atoms with E-state index < -0.39 is 8.32 Å². The smallest absolute Gasteiger partial charge is 0.187 e. The fourth-order valence-corrected chi connectivity index (χ4v) is 2.83. The number of methoxy groups -OCH3 is 3. The highest BCUT2D eigenvalue weighted by molar-refractivity contribution is 6.69. The Morgan fingerprint density at radius 2 is 1.53 bits per heavy atom. The number of ether oxygens (including phenoxy) is 4. The fraction of sp³-hybridized carbons (Fsp3) is 1.00. The molecule has 0 bridgehead atoms. The van der Waals surface area contributed by atoms with Crippen molar-refractivity contribution >= 4 is 8.32 Å². The van der Waals surface area contributed by atoms with E-state index in [1.807, 2.05) is 0 Å². The maximum absolute atomic E-state index is 5.96. The summed E-state index contributed by atoms with van der Waals surface area (Å²) in [5.74, 6) is 0. The molecule has 1 saturated heterocycles. The van der Waals surface area contributed by atoms with Crippen molar-refractivity contribution in [2.24, 2.45) is 0 Å². The molecule has 0 aromatic heterocycles. The highest BCUT2D eigenvalue weighted by Crippen LogP contribution is 2.25. The highest BCUT2D eigenvalue weighted by Gasteiger charge is 2.43. The zero-order valence-electron chi connectivity index (χ0n) is 11.6. The van der Waals surface area contributed by atoms with E-state index in [9.17, 15) is 0 Å². The number of hydrogen-bond acceptors (Lipinski definition) is 5. The van der Waals surface area contributed by atoms with Gasteiger partial charge in [-0.25, -0.2) is 0 Å². The van der Waals surface area contributed by atoms with Crippen LogP contribution >= 0.6 is 0 Å². The van der Waals surface area contributed by atoms with E-state index in [0.717, 1.165) is 0 Å². The van der Waals surface area contributed by atoms with Gasteiger partial charge in [-0.3, -0.25) is 0 Å². The molecular formula is C11H24O5Si. The summed E-state index contributed by atoms with van der Waals surface area (Å²) in [6.45, 7) is 6.82. The molecule has 0 amide bonds. The molecular weight excluding hydrogens is 240 g/mol. The first-order valence-electron chi connectivity index (χ1n) is 5.80. The van der Waals surface area contributed by atoms with Crippen molar-refractivity contribution in [2.45, 2.75) is 44.2 Å². The summed E-state index contributed by atoms with van der Waals surface area (Å²) < 4.78 is 27.9. The van der Waals surface area contributed by atoms with Crippen molar-refractivity contribution in [2.75, 3.05) is 27.9 Å². The Balaban J connectivity index is 2.73. The molecule has 1 fully saturated rings. The van der Waals surface area contributed by atoms with Crippen molar-refractivity contribution in [1.29, 1.82) is 0 Å². The van der Waals surface area contributed by atoms with E-state index in [4.69, 9.17) is 23.4 Å². The molecule has 0 aromatic carbocycles. The van der Waals surface area contributed by atoms with Gasteiger partial charge in [0.1, 0.15) is 18.3 Å². The van der Waals surface area contributed by atoms with Crippen molar-refractivity contribution in [3.63, 3.8) is 0 Å². The Hall–Kier alpha value is 0.0169. The van der Waals surface area contributed by atoms with Gasteiger partial charge >= 0.3 is 0 Å². The summed E-state index contributed by atoms with van der Waals surface area (Å²) >= 11 is 0. The standard InChI is InChI=1S/C11H24O5Si/c1-12-8-7-15-11(16-17(4,5)6)10(14-3)9(8)13-2/h8-11H,7H2,1-6H3/t8-,9+,10-,11?/m1/s1. The number of hydrogen-bond donors (Lipinski definition) is 0. The van der Waals surface area contributed by atoms with Crippen LogP contribution in [0.3, 0.4) is 0 Å². The minimum Gasteiger partial charge on any atom is -0.391 e. The summed E-state index contributed by atoms with van der Waals surface area (Å²) in [5, 5.41) is 0. The van der Waals surface area contributed by atoms with Crippen LogP contribution in [0.2, 0.25) is 19.6 Å². The van der Waals surface area contributed by atoms with Gasteiger partial charge in [-0.05, 0) is 19.6 Å². The molecule has 17 heavy (non-hydrogen) atoms. The third-order valence-corrected chi connectivity index (χ3v) is 3.64. The molecule has 4 atom stereocenters. The lowest BCUT2D eigenvalue weighted by molar-refractivity contribution is -0.261. The molecule has 0 spiro atoms. The molecule has 5 nitrogen and oxygen atoms in total. The summed E-state index contributed by atoms with van der Waals surface area (Å²) in [6, 6.07) is 0. The van der Waals surface area contributed by atoms with E-state index in [0.29, 0.717) is 6.61 Å². The Bertz CT molecular complexity index is 230. The fourth-order valence-electron chi connectivity index (χ4n) is 1.93. The molecule has 1 aliphatic heterocycles. The Kier molecular flexibility index (Phi) is 5.55. The average Bonchev–Trinajstić information content (AvgIpc) is 2.26. The molecule has 1 aliphatic rings. The predicted molar refractivity (Wildman–Crippen MR) is 66.6 cm³/mol. The van der Waals surface area contributed by atoms with Crippen LogP contribution in [0, 0.1) is 0 Å². The van der Waals surface area contributed by atoms with Crippen LogP contribution in [-0.2, 0) is 23.4 Å². The van der Waals surface area contributed by atoms with Gasteiger partial charge in [-0.1, -0.05) is 0 Å². The lowest BCUT2D eigenvalue weighted by atomic mass is 10.1. The lowest BCUT2D eigenvalue weighted by Gasteiger charge is -2.42. The largest absolute Gasteiger partial charge is 0.391 e. The van der Waals surface area contributed by atoms with Crippen molar-refractivity contribution in [1.82, 2.24) is 0 Å². The van der Waals surface area contributed by atoms with Crippen LogP contribution in [0.25, 0.3) is 0 Å². The maximum Gasteiger partial charge on any atom is 0.187 e. The van der Waals surface area contributed by atoms with E-state index in [-0.39, 0.29) is 24.6 Å². The molecule has 1 unspecified atom stereocenters. The molecule has 1 rings (SSSR count). The summed E-state index contributed by atoms with van der Waals surface area (Å²) in [7, 11) is 3.26. The summed E-state index contributed by atoms with van der Waals surface area (Å²) in [6.07, 6.45) is -0.917. The second-order valence-electron chi connectivity index (χ2n) is 5.11. The van der Waals surface area contributed by atoms with Gasteiger partial charge in [-0.15, -0.1) is 0 Å². The quantitative estimate of drug-likeness (QED) is 0.699. The van der Waals surface area contributed by atoms with Crippen molar-refractivity contribution in [3.05, 3.63) is 0 Å². The van der Waals surface area contributed by atoms with E-state index in [2.05, 4.69) is 19.6 Å². The molecule has 0 radical (unpaired) electrons. The van der Waals surface area contributed by atoms with Gasteiger partial charge in [0.15, 0.2) is 14.6 Å². The van der Waals surface area contributed by atoms with Gasteiger partial charge in [0.2, 0.25) is 0 Å². The van der Waals surface area contributed by atoms with Crippen molar-refractivity contribution in [3.8, 4) is 0 Å². The predicted octanol–water partition coefficient (Wildman–Crippen LogP) is 1.24. The third-order valence-electron chi connectivity index (χ3n) is 2.70. The summed E-state index contributed by atoms with van der Waals surface area (Å²) in [4.78, 5) is 0. The summed E-state index contributed by atoms with van der Waals surface area (Å²) in [5.41, 5.74) is 0. The molecule has 0 saturated carbocycles. The van der Waals surface area contributed by atoms with Gasteiger partial charge in [0.25, 0.3) is 0 Å². The van der Waals surface area contributed by atoms with Gasteiger partial charge in [0.05, 0.1) is 6.61 Å². The van der Waals surface area contributed by atoms with Crippen LogP contribution in [0.5, 0.6) is 0 Å². The molecule has 0 N–H and O–H groups in total. The number of rotatable bonds is 5. The molecule has 6 heteroatoms. The van der Waals surface area contributed by atoms with Gasteiger partial charge < -0.3 is 23.4 Å². The monoisotopic (exact) mass is 264 g/mol. The first kappa shape index (κ1) is 15.1. The molecule has 0 aliphatic carbocycles. The SMILES string of the molecule is CO[C@H]1[C@H](OC)COC(O[Si](C)(C)C)[C@@H]1OC. The Morgan fingerprint density at radius 3 is 1.94 bits per heavy atom. The first-order chi connectivity index (χ1) is 7.92. The second kappa shape index (κ2) is 6.26. The normalized spacial score (nSPS) is 34.9. The lowest BCUT2D eigenvalue weighted by Crippen LogP contribution is -2.57. The van der Waals surface area contributed by atoms with Crippen molar-refractivity contribution < 1.29 is 23.4 Å².